The van der Waals surface area contributed by atoms with Gasteiger partial charge >= 0.3 is 5.97 Å². The number of esters is 1. The molecule has 1 aliphatic rings. The Balaban J connectivity index is 2.32. The summed E-state index contributed by atoms with van der Waals surface area (Å²) in [6.45, 7) is 8.80. The number of carbonyl (C=O) groups excluding carboxylic acids is 2. The summed E-state index contributed by atoms with van der Waals surface area (Å²) in [5.41, 5.74) is 1.93. The summed E-state index contributed by atoms with van der Waals surface area (Å²) in [5.74, 6) is 0.427. The molecule has 1 aromatic rings. The lowest BCUT2D eigenvalue weighted by Gasteiger charge is -2.26. The lowest BCUT2D eigenvalue weighted by Crippen LogP contribution is -2.39. The predicted molar refractivity (Wildman–Crippen MR) is 99.6 cm³/mol. The van der Waals surface area contributed by atoms with Crippen LogP contribution in [0.3, 0.4) is 0 Å². The first-order valence-corrected chi connectivity index (χ1v) is 9.31. The van der Waals surface area contributed by atoms with Gasteiger partial charge in [-0.3, -0.25) is 4.79 Å². The second-order valence-corrected chi connectivity index (χ2v) is 8.08. The average Bonchev–Trinajstić information content (AvgIpc) is 2.89. The fourth-order valence-corrected chi connectivity index (χ4v) is 3.54. The van der Waals surface area contributed by atoms with Crippen molar-refractivity contribution in [2.45, 2.75) is 58.5 Å². The molecule has 138 valence electrons. The molecule has 1 aromatic carbocycles. The van der Waals surface area contributed by atoms with E-state index in [0.29, 0.717) is 26.0 Å². The Bertz CT molecular complexity index is 666. The maximum absolute atomic E-state index is 12.3. The van der Waals surface area contributed by atoms with Gasteiger partial charge in [-0.1, -0.05) is 36.7 Å². The first-order valence-electron chi connectivity index (χ1n) is 8.52. The van der Waals surface area contributed by atoms with Crippen LogP contribution in [0.15, 0.2) is 16.6 Å². The number of amides is 1. The third kappa shape index (κ3) is 4.35. The van der Waals surface area contributed by atoms with E-state index in [9.17, 15) is 9.59 Å². The Labute approximate surface area is 157 Å². The number of methoxy groups -OCH3 is 1. The maximum Gasteiger partial charge on any atom is 0.328 e. The van der Waals surface area contributed by atoms with Crippen molar-refractivity contribution in [1.29, 1.82) is 0 Å². The highest BCUT2D eigenvalue weighted by atomic mass is 79.9. The van der Waals surface area contributed by atoms with Crippen LogP contribution in [0.25, 0.3) is 0 Å². The van der Waals surface area contributed by atoms with E-state index in [2.05, 4.69) is 36.7 Å². The van der Waals surface area contributed by atoms with Crippen LogP contribution in [0.5, 0.6) is 5.75 Å². The van der Waals surface area contributed by atoms with E-state index in [1.54, 1.807) is 18.9 Å². The zero-order valence-electron chi connectivity index (χ0n) is 15.5. The number of carbonyl (C=O) groups is 2. The number of likely N-dealkylation sites (tertiary alicyclic amines) is 1. The summed E-state index contributed by atoms with van der Waals surface area (Å²) in [4.78, 5) is 26.0. The predicted octanol–water partition coefficient (Wildman–Crippen LogP) is 3.81. The topological polar surface area (TPSA) is 55.8 Å². The van der Waals surface area contributed by atoms with Crippen LogP contribution in [0.4, 0.5) is 0 Å². The second-order valence-electron chi connectivity index (χ2n) is 7.22. The van der Waals surface area contributed by atoms with Gasteiger partial charge in [0.1, 0.15) is 11.8 Å². The third-order valence-corrected chi connectivity index (χ3v) is 5.14. The fraction of sp³-hybridized carbons (Fsp3) is 0.579. The summed E-state index contributed by atoms with van der Waals surface area (Å²) >= 11 is 3.61. The molecule has 6 heteroatoms. The molecule has 0 unspecified atom stereocenters. The van der Waals surface area contributed by atoms with Crippen LogP contribution in [-0.4, -0.2) is 36.5 Å². The quantitative estimate of drug-likeness (QED) is 0.691. The molecule has 1 fully saturated rings. The molecule has 1 aliphatic heterocycles. The van der Waals surface area contributed by atoms with Gasteiger partial charge in [-0.05, 0) is 36.5 Å². The van der Waals surface area contributed by atoms with E-state index < -0.39 is 6.04 Å². The molecule has 5 nitrogen and oxygen atoms in total. The van der Waals surface area contributed by atoms with Gasteiger partial charge in [0, 0.05) is 23.0 Å². The number of rotatable bonds is 5. The summed E-state index contributed by atoms with van der Waals surface area (Å²) in [6, 6.07) is 3.47. The van der Waals surface area contributed by atoms with E-state index in [-0.39, 0.29) is 17.3 Å². The molecule has 0 aromatic heterocycles. The lowest BCUT2D eigenvalue weighted by atomic mass is 9.85. The highest BCUT2D eigenvalue weighted by Gasteiger charge is 2.37. The molecule has 0 bridgehead atoms. The lowest BCUT2D eigenvalue weighted by molar-refractivity contribution is -0.151. The summed E-state index contributed by atoms with van der Waals surface area (Å²) < 4.78 is 11.6. The molecule has 0 radical (unpaired) electrons. The van der Waals surface area contributed by atoms with Crippen molar-refractivity contribution < 1.29 is 19.1 Å². The zero-order chi connectivity index (χ0) is 18.8. The fourth-order valence-electron chi connectivity index (χ4n) is 3.07. The minimum Gasteiger partial charge on any atom is -0.496 e. The van der Waals surface area contributed by atoms with Crippen molar-refractivity contribution in [2.24, 2.45) is 0 Å². The Hall–Kier alpha value is -1.56. The van der Waals surface area contributed by atoms with E-state index in [1.807, 2.05) is 12.1 Å². The number of halogens is 1. The smallest absolute Gasteiger partial charge is 0.328 e. The molecule has 1 saturated heterocycles. The number of benzene rings is 1. The van der Waals surface area contributed by atoms with Crippen LogP contribution >= 0.6 is 15.9 Å². The highest BCUT2D eigenvalue weighted by Crippen LogP contribution is 2.37. The molecule has 0 aliphatic carbocycles. The average molecular weight is 412 g/mol. The molecule has 2 rings (SSSR count). The molecule has 1 amide bonds. The van der Waals surface area contributed by atoms with Crippen LogP contribution < -0.4 is 4.74 Å². The van der Waals surface area contributed by atoms with Gasteiger partial charge in [0.25, 0.3) is 0 Å². The summed E-state index contributed by atoms with van der Waals surface area (Å²) in [7, 11) is 1.64. The van der Waals surface area contributed by atoms with Crippen molar-refractivity contribution in [1.82, 2.24) is 4.90 Å². The standard InChI is InChI=1S/C19H26BrNO4/c1-6-25-18(23)15-7-8-17(22)21(15)11-12-9-16(24-5)13(10-14(12)20)19(2,3)4/h9-10,15H,6-8,11H2,1-5H3/t15-/m1/s1. The first kappa shape index (κ1) is 19.8. The monoisotopic (exact) mass is 411 g/mol. The van der Waals surface area contributed by atoms with Crippen LogP contribution in [0.2, 0.25) is 0 Å². The number of hydrogen-bond acceptors (Lipinski definition) is 4. The molecule has 0 spiro atoms. The Morgan fingerprint density at radius 2 is 2.04 bits per heavy atom. The minimum atomic E-state index is -0.507. The Kier molecular flexibility index (Phi) is 6.14. The largest absolute Gasteiger partial charge is 0.496 e. The molecule has 1 heterocycles. The number of ether oxygens (including phenoxy) is 2. The zero-order valence-corrected chi connectivity index (χ0v) is 17.1. The minimum absolute atomic E-state index is 0.0242. The van der Waals surface area contributed by atoms with Crippen LogP contribution in [0.1, 0.15) is 51.7 Å². The summed E-state index contributed by atoms with van der Waals surface area (Å²) in [5, 5.41) is 0. The molecular formula is C19H26BrNO4. The van der Waals surface area contributed by atoms with E-state index in [4.69, 9.17) is 9.47 Å². The van der Waals surface area contributed by atoms with Crippen LogP contribution in [-0.2, 0) is 26.3 Å². The van der Waals surface area contributed by atoms with Gasteiger partial charge in [0.15, 0.2) is 0 Å². The molecule has 0 N–H and O–H groups in total. The molecule has 1 atom stereocenters. The van der Waals surface area contributed by atoms with Crippen LogP contribution in [0, 0.1) is 0 Å². The van der Waals surface area contributed by atoms with Gasteiger partial charge in [0.2, 0.25) is 5.91 Å². The van der Waals surface area contributed by atoms with Crippen molar-refractivity contribution >= 4 is 27.8 Å². The Morgan fingerprint density at radius 3 is 2.60 bits per heavy atom. The van der Waals surface area contributed by atoms with Crippen molar-refractivity contribution in [3.05, 3.63) is 27.7 Å². The van der Waals surface area contributed by atoms with Gasteiger partial charge in [-0.15, -0.1) is 0 Å². The molecule has 0 saturated carbocycles. The molecular weight excluding hydrogens is 386 g/mol. The molecule has 25 heavy (non-hydrogen) atoms. The van der Waals surface area contributed by atoms with Gasteiger partial charge in [-0.25, -0.2) is 4.79 Å². The second kappa shape index (κ2) is 7.77. The van der Waals surface area contributed by atoms with E-state index in [1.165, 1.54) is 0 Å². The Morgan fingerprint density at radius 1 is 1.36 bits per heavy atom. The normalized spacial score (nSPS) is 17.8. The van der Waals surface area contributed by atoms with Gasteiger partial charge in [-0.2, -0.15) is 0 Å². The number of hydrogen-bond donors (Lipinski definition) is 0. The van der Waals surface area contributed by atoms with Crippen molar-refractivity contribution in [3.8, 4) is 5.75 Å². The highest BCUT2D eigenvalue weighted by molar-refractivity contribution is 9.10. The van der Waals surface area contributed by atoms with E-state index >= 15 is 0 Å². The number of nitrogens with zero attached hydrogens (tertiary/aromatic N) is 1. The summed E-state index contributed by atoms with van der Waals surface area (Å²) in [6.07, 6.45) is 0.880. The van der Waals surface area contributed by atoms with E-state index in [0.717, 1.165) is 21.3 Å². The first-order chi connectivity index (χ1) is 11.7. The van der Waals surface area contributed by atoms with Crippen molar-refractivity contribution in [2.75, 3.05) is 13.7 Å². The SMILES string of the molecule is CCOC(=O)[C@H]1CCC(=O)N1Cc1cc(OC)c(C(C)(C)C)cc1Br. The third-order valence-electron chi connectivity index (χ3n) is 4.40. The van der Waals surface area contributed by atoms with Crippen molar-refractivity contribution in [3.63, 3.8) is 0 Å². The van der Waals surface area contributed by atoms with Gasteiger partial charge < -0.3 is 14.4 Å². The van der Waals surface area contributed by atoms with Gasteiger partial charge in [0.05, 0.1) is 13.7 Å². The maximum atomic E-state index is 12.3.